The molecule has 1 atom stereocenters. The van der Waals surface area contributed by atoms with Crippen molar-refractivity contribution in [1.82, 2.24) is 4.90 Å². The van der Waals surface area contributed by atoms with Gasteiger partial charge in [-0.25, -0.2) is 4.90 Å². The van der Waals surface area contributed by atoms with Gasteiger partial charge in [-0.1, -0.05) is 47.5 Å². The first kappa shape index (κ1) is 16.6. The number of imide groups is 1. The highest BCUT2D eigenvalue weighted by Crippen LogP contribution is 2.32. The molecule has 0 saturated carbocycles. The molecule has 2 aromatic rings. The molecule has 0 bridgehead atoms. The van der Waals surface area contributed by atoms with E-state index in [4.69, 9.17) is 23.2 Å². The van der Waals surface area contributed by atoms with Crippen molar-refractivity contribution in [1.29, 1.82) is 0 Å². The summed E-state index contributed by atoms with van der Waals surface area (Å²) in [6.07, 6.45) is 1.09. The smallest absolute Gasteiger partial charge is 0.251 e. The number of anilines is 1. The number of carbonyl (C=O) groups is 2. The third-order valence-electron chi connectivity index (χ3n) is 4.89. The topological polar surface area (TPSA) is 40.6 Å². The Balaban J connectivity index is 1.58. The van der Waals surface area contributed by atoms with Crippen LogP contribution in [-0.4, -0.2) is 29.3 Å². The molecule has 2 aliphatic rings. The highest BCUT2D eigenvalue weighted by molar-refractivity contribution is 6.42. The van der Waals surface area contributed by atoms with Gasteiger partial charge in [0, 0.05) is 13.1 Å². The van der Waals surface area contributed by atoms with Crippen molar-refractivity contribution < 1.29 is 9.59 Å². The van der Waals surface area contributed by atoms with E-state index in [1.807, 2.05) is 12.1 Å². The summed E-state index contributed by atoms with van der Waals surface area (Å²) < 4.78 is 0. The van der Waals surface area contributed by atoms with Crippen molar-refractivity contribution in [3.8, 4) is 0 Å². The number of halogens is 2. The van der Waals surface area contributed by atoms with Crippen LogP contribution >= 0.6 is 23.2 Å². The molecule has 1 saturated heterocycles. The van der Waals surface area contributed by atoms with E-state index in [1.54, 1.807) is 18.2 Å². The zero-order chi connectivity index (χ0) is 17.6. The zero-order valence-electron chi connectivity index (χ0n) is 13.4. The van der Waals surface area contributed by atoms with Gasteiger partial charge in [0.2, 0.25) is 5.91 Å². The average Bonchev–Trinajstić information content (AvgIpc) is 2.91. The van der Waals surface area contributed by atoms with Crippen LogP contribution in [0.4, 0.5) is 5.69 Å². The first-order chi connectivity index (χ1) is 12.0. The second-order valence-corrected chi connectivity index (χ2v) is 7.19. The molecule has 0 radical (unpaired) electrons. The Morgan fingerprint density at radius 1 is 0.960 bits per heavy atom. The van der Waals surface area contributed by atoms with Crippen molar-refractivity contribution in [3.05, 3.63) is 63.6 Å². The summed E-state index contributed by atoms with van der Waals surface area (Å²) in [5.74, 6) is -0.394. The molecule has 128 valence electrons. The maximum atomic E-state index is 12.9. The molecule has 4 rings (SSSR count). The summed E-state index contributed by atoms with van der Waals surface area (Å²) in [7, 11) is 0. The van der Waals surface area contributed by atoms with Crippen molar-refractivity contribution >= 4 is 40.7 Å². The van der Waals surface area contributed by atoms with Crippen molar-refractivity contribution in [2.45, 2.75) is 25.4 Å². The van der Waals surface area contributed by atoms with E-state index in [9.17, 15) is 9.59 Å². The normalized spacial score (nSPS) is 20.9. The Hall–Kier alpha value is -1.88. The first-order valence-electron chi connectivity index (χ1n) is 8.17. The predicted molar refractivity (Wildman–Crippen MR) is 97.9 cm³/mol. The Bertz CT molecular complexity index is 868. The summed E-state index contributed by atoms with van der Waals surface area (Å²) in [5.41, 5.74) is 3.02. The quantitative estimate of drug-likeness (QED) is 0.752. The van der Waals surface area contributed by atoms with Crippen LogP contribution in [0.2, 0.25) is 10.0 Å². The van der Waals surface area contributed by atoms with Gasteiger partial charge < -0.3 is 0 Å². The van der Waals surface area contributed by atoms with Crippen LogP contribution in [0.5, 0.6) is 0 Å². The molecule has 4 nitrogen and oxygen atoms in total. The zero-order valence-corrected chi connectivity index (χ0v) is 14.9. The summed E-state index contributed by atoms with van der Waals surface area (Å²) in [5, 5.41) is 0.726. The van der Waals surface area contributed by atoms with Gasteiger partial charge in [0.15, 0.2) is 0 Å². The third kappa shape index (κ3) is 2.95. The monoisotopic (exact) mass is 374 g/mol. The number of carbonyl (C=O) groups excluding carboxylic acids is 2. The first-order valence-corrected chi connectivity index (χ1v) is 8.93. The average molecular weight is 375 g/mol. The molecule has 0 aliphatic carbocycles. The second kappa shape index (κ2) is 6.45. The van der Waals surface area contributed by atoms with Crippen LogP contribution in [0.1, 0.15) is 17.5 Å². The molecule has 2 heterocycles. The van der Waals surface area contributed by atoms with Crippen LogP contribution in [0.25, 0.3) is 0 Å². The molecular weight excluding hydrogens is 359 g/mol. The molecular formula is C19H16Cl2N2O2. The van der Waals surface area contributed by atoms with Gasteiger partial charge >= 0.3 is 0 Å². The van der Waals surface area contributed by atoms with Gasteiger partial charge in [0.25, 0.3) is 5.91 Å². The van der Waals surface area contributed by atoms with Crippen LogP contribution in [0.3, 0.4) is 0 Å². The van der Waals surface area contributed by atoms with Crippen LogP contribution < -0.4 is 4.90 Å². The Labute approximate surface area is 155 Å². The lowest BCUT2D eigenvalue weighted by molar-refractivity contribution is -0.123. The van der Waals surface area contributed by atoms with E-state index in [0.717, 1.165) is 13.0 Å². The Morgan fingerprint density at radius 2 is 1.72 bits per heavy atom. The van der Waals surface area contributed by atoms with E-state index in [2.05, 4.69) is 17.0 Å². The van der Waals surface area contributed by atoms with Gasteiger partial charge in [-0.3, -0.25) is 14.5 Å². The van der Waals surface area contributed by atoms with E-state index in [-0.39, 0.29) is 18.2 Å². The Morgan fingerprint density at radius 3 is 2.48 bits per heavy atom. The van der Waals surface area contributed by atoms with E-state index >= 15 is 0 Å². The SMILES string of the molecule is O=C1C[C@H](N2CCc3ccccc3C2)C(=O)N1c1ccc(Cl)c(Cl)c1. The number of hydrogen-bond donors (Lipinski definition) is 0. The fraction of sp³-hybridized carbons (Fsp3) is 0.263. The maximum Gasteiger partial charge on any atom is 0.251 e. The van der Waals surface area contributed by atoms with E-state index in [1.165, 1.54) is 16.0 Å². The molecule has 1 fully saturated rings. The number of nitrogens with zero attached hydrogens (tertiary/aromatic N) is 2. The summed E-state index contributed by atoms with van der Waals surface area (Å²) in [6, 6.07) is 12.6. The lowest BCUT2D eigenvalue weighted by Gasteiger charge is -2.32. The fourth-order valence-corrected chi connectivity index (χ4v) is 3.87. The number of benzene rings is 2. The molecule has 2 aliphatic heterocycles. The van der Waals surface area contributed by atoms with Crippen molar-refractivity contribution in [3.63, 3.8) is 0 Å². The molecule has 2 aromatic carbocycles. The van der Waals surface area contributed by atoms with E-state index in [0.29, 0.717) is 22.3 Å². The molecule has 0 N–H and O–H groups in total. The highest BCUT2D eigenvalue weighted by Gasteiger charge is 2.43. The molecule has 2 amide bonds. The summed E-state index contributed by atoms with van der Waals surface area (Å²) in [6.45, 7) is 1.46. The van der Waals surface area contributed by atoms with Crippen LogP contribution in [0.15, 0.2) is 42.5 Å². The van der Waals surface area contributed by atoms with Gasteiger partial charge in [-0.2, -0.15) is 0 Å². The fourth-order valence-electron chi connectivity index (χ4n) is 3.58. The molecule has 6 heteroatoms. The minimum absolute atomic E-state index is 0.192. The number of hydrogen-bond acceptors (Lipinski definition) is 3. The van der Waals surface area contributed by atoms with Gasteiger partial charge in [0.05, 0.1) is 28.2 Å². The van der Waals surface area contributed by atoms with Crippen molar-refractivity contribution in [2.24, 2.45) is 0 Å². The van der Waals surface area contributed by atoms with E-state index < -0.39 is 6.04 Å². The Kier molecular flexibility index (Phi) is 4.28. The predicted octanol–water partition coefficient (Wildman–Crippen LogP) is 3.68. The van der Waals surface area contributed by atoms with Crippen LogP contribution in [0, 0.1) is 0 Å². The third-order valence-corrected chi connectivity index (χ3v) is 5.62. The summed E-state index contributed by atoms with van der Waals surface area (Å²) in [4.78, 5) is 28.7. The molecule has 0 aromatic heterocycles. The molecule has 0 unspecified atom stereocenters. The highest BCUT2D eigenvalue weighted by atomic mass is 35.5. The van der Waals surface area contributed by atoms with Gasteiger partial charge in [-0.15, -0.1) is 0 Å². The van der Waals surface area contributed by atoms with Gasteiger partial charge in [0.1, 0.15) is 0 Å². The minimum Gasteiger partial charge on any atom is -0.287 e. The number of rotatable bonds is 2. The molecule has 25 heavy (non-hydrogen) atoms. The van der Waals surface area contributed by atoms with Crippen molar-refractivity contribution in [2.75, 3.05) is 11.4 Å². The second-order valence-electron chi connectivity index (χ2n) is 6.37. The standard InChI is InChI=1S/C19H16Cl2N2O2/c20-15-6-5-14(9-16(15)21)23-18(24)10-17(19(23)25)22-8-7-12-3-1-2-4-13(12)11-22/h1-6,9,17H,7-8,10-11H2/t17-/m0/s1. The van der Waals surface area contributed by atoms with Crippen LogP contribution in [-0.2, 0) is 22.6 Å². The lowest BCUT2D eigenvalue weighted by atomic mass is 9.98. The molecule has 0 spiro atoms. The minimum atomic E-state index is -0.421. The summed E-state index contributed by atoms with van der Waals surface area (Å²) >= 11 is 12.0. The number of fused-ring (bicyclic) bond motifs is 1. The largest absolute Gasteiger partial charge is 0.287 e. The van der Waals surface area contributed by atoms with Gasteiger partial charge in [-0.05, 0) is 35.7 Å². The maximum absolute atomic E-state index is 12.9. The lowest BCUT2D eigenvalue weighted by Crippen LogP contribution is -2.44. The number of amides is 2.